The number of anilines is 2. The number of nitro groups is 1. The molecule has 0 fully saturated rings. The smallest absolute Gasteiger partial charge is 0.304 e. The number of carbonyl (C=O) groups excluding carboxylic acids is 1. The van der Waals surface area contributed by atoms with E-state index in [1.165, 1.54) is 18.5 Å². The number of halogens is 1. The molecular formula is C11H9FN6O3. The standard InChI is InChI=1S/C11H9FN6O3/c12-7-3-6(1-2-9(7)18(20)21)15-11(19)8-4-14-5-10(16-8)17-13/h1-5H,13H2,(H,15,19)(H,16,17). The molecule has 1 amide bonds. The van der Waals surface area contributed by atoms with Crippen LogP contribution in [0.4, 0.5) is 21.6 Å². The molecule has 0 spiro atoms. The van der Waals surface area contributed by atoms with E-state index >= 15 is 0 Å². The Morgan fingerprint density at radius 2 is 2.14 bits per heavy atom. The fourth-order valence-electron chi connectivity index (χ4n) is 1.47. The van der Waals surface area contributed by atoms with Crippen LogP contribution in [0.2, 0.25) is 0 Å². The van der Waals surface area contributed by atoms with Crippen LogP contribution in [0.25, 0.3) is 0 Å². The highest BCUT2D eigenvalue weighted by atomic mass is 19.1. The van der Waals surface area contributed by atoms with Crippen LogP contribution < -0.4 is 16.6 Å². The van der Waals surface area contributed by atoms with Gasteiger partial charge in [0.2, 0.25) is 5.82 Å². The van der Waals surface area contributed by atoms with Crippen molar-refractivity contribution in [2.75, 3.05) is 10.7 Å². The maximum atomic E-state index is 13.4. The number of hydrazine groups is 1. The second-order valence-electron chi connectivity index (χ2n) is 3.81. The van der Waals surface area contributed by atoms with Crippen LogP contribution in [0.5, 0.6) is 0 Å². The zero-order valence-electron chi connectivity index (χ0n) is 10.4. The van der Waals surface area contributed by atoms with Gasteiger partial charge in [0, 0.05) is 17.8 Å². The molecule has 10 heteroatoms. The average molecular weight is 292 g/mol. The number of nitro benzene ring substituents is 1. The van der Waals surface area contributed by atoms with Crippen molar-refractivity contribution < 1.29 is 14.1 Å². The first-order valence-corrected chi connectivity index (χ1v) is 5.55. The van der Waals surface area contributed by atoms with E-state index in [4.69, 9.17) is 5.84 Å². The number of hydrogen-bond donors (Lipinski definition) is 3. The lowest BCUT2D eigenvalue weighted by molar-refractivity contribution is -0.387. The molecule has 21 heavy (non-hydrogen) atoms. The summed E-state index contributed by atoms with van der Waals surface area (Å²) in [5.41, 5.74) is 1.55. The number of rotatable bonds is 4. The SMILES string of the molecule is NNc1cncc(C(=O)Nc2ccc([N+](=O)[O-])c(F)c2)n1. The molecule has 0 saturated carbocycles. The van der Waals surface area contributed by atoms with Crippen molar-refractivity contribution in [2.45, 2.75) is 0 Å². The molecule has 2 rings (SSSR count). The highest BCUT2D eigenvalue weighted by molar-refractivity contribution is 6.02. The Hall–Kier alpha value is -3.14. The molecule has 0 radical (unpaired) electrons. The number of nitrogens with zero attached hydrogens (tertiary/aromatic N) is 3. The maximum absolute atomic E-state index is 13.4. The number of aromatic nitrogens is 2. The van der Waals surface area contributed by atoms with E-state index in [2.05, 4.69) is 20.7 Å². The van der Waals surface area contributed by atoms with Crippen molar-refractivity contribution in [1.29, 1.82) is 0 Å². The molecule has 0 aliphatic carbocycles. The number of amides is 1. The highest BCUT2D eigenvalue weighted by Crippen LogP contribution is 2.21. The van der Waals surface area contributed by atoms with Gasteiger partial charge >= 0.3 is 5.69 Å². The fraction of sp³-hybridized carbons (Fsp3) is 0. The third-order valence-corrected chi connectivity index (χ3v) is 2.42. The van der Waals surface area contributed by atoms with Gasteiger partial charge in [-0.1, -0.05) is 0 Å². The molecule has 108 valence electrons. The summed E-state index contributed by atoms with van der Waals surface area (Å²) >= 11 is 0. The van der Waals surface area contributed by atoms with E-state index < -0.39 is 22.3 Å². The molecule has 1 aromatic heterocycles. The van der Waals surface area contributed by atoms with Crippen LogP contribution in [0, 0.1) is 15.9 Å². The lowest BCUT2D eigenvalue weighted by Gasteiger charge is -2.05. The third kappa shape index (κ3) is 3.25. The van der Waals surface area contributed by atoms with Gasteiger partial charge in [-0.2, -0.15) is 4.39 Å². The van der Waals surface area contributed by atoms with Crippen molar-refractivity contribution in [3.8, 4) is 0 Å². The molecule has 0 aliphatic rings. The molecule has 0 atom stereocenters. The normalized spacial score (nSPS) is 10.0. The zero-order valence-corrected chi connectivity index (χ0v) is 10.4. The van der Waals surface area contributed by atoms with Crippen molar-refractivity contribution >= 4 is 23.1 Å². The van der Waals surface area contributed by atoms with Crippen LogP contribution >= 0.6 is 0 Å². The van der Waals surface area contributed by atoms with Crippen LogP contribution in [-0.4, -0.2) is 20.8 Å². The molecule has 4 N–H and O–H groups in total. The Kier molecular flexibility index (Phi) is 4.00. The summed E-state index contributed by atoms with van der Waals surface area (Å²) in [6.07, 6.45) is 2.50. The summed E-state index contributed by atoms with van der Waals surface area (Å²) in [7, 11) is 0. The van der Waals surface area contributed by atoms with E-state index in [0.717, 1.165) is 12.1 Å². The Balaban J connectivity index is 2.19. The molecule has 2 aromatic rings. The quantitative estimate of drug-likeness (QED) is 0.435. The van der Waals surface area contributed by atoms with Crippen LogP contribution in [-0.2, 0) is 0 Å². The first-order valence-electron chi connectivity index (χ1n) is 5.55. The monoisotopic (exact) mass is 292 g/mol. The molecule has 0 unspecified atom stereocenters. The molecule has 1 aromatic carbocycles. The van der Waals surface area contributed by atoms with Crippen molar-refractivity contribution in [3.63, 3.8) is 0 Å². The van der Waals surface area contributed by atoms with E-state index in [-0.39, 0.29) is 17.2 Å². The minimum absolute atomic E-state index is 0.0517. The predicted molar refractivity (Wildman–Crippen MR) is 70.8 cm³/mol. The van der Waals surface area contributed by atoms with Gasteiger partial charge in [0.05, 0.1) is 17.3 Å². The topological polar surface area (TPSA) is 136 Å². The molecule has 0 bridgehead atoms. The van der Waals surface area contributed by atoms with Crippen LogP contribution in [0.3, 0.4) is 0 Å². The van der Waals surface area contributed by atoms with E-state index in [9.17, 15) is 19.3 Å². The number of carbonyl (C=O) groups is 1. The number of nitrogen functional groups attached to an aromatic ring is 1. The van der Waals surface area contributed by atoms with Gasteiger partial charge in [0.1, 0.15) is 5.69 Å². The van der Waals surface area contributed by atoms with E-state index in [1.54, 1.807) is 0 Å². The Labute approximate surface area is 117 Å². The van der Waals surface area contributed by atoms with Gasteiger partial charge < -0.3 is 10.7 Å². The summed E-state index contributed by atoms with van der Waals surface area (Å²) in [6, 6.07) is 3.00. The Morgan fingerprint density at radius 3 is 2.76 bits per heavy atom. The summed E-state index contributed by atoms with van der Waals surface area (Å²) < 4.78 is 13.4. The number of hydrogen-bond acceptors (Lipinski definition) is 7. The van der Waals surface area contributed by atoms with Gasteiger partial charge in [-0.05, 0) is 6.07 Å². The van der Waals surface area contributed by atoms with Crippen molar-refractivity contribution in [3.05, 3.63) is 52.2 Å². The number of benzene rings is 1. The summed E-state index contributed by atoms with van der Waals surface area (Å²) in [4.78, 5) is 29.1. The third-order valence-electron chi connectivity index (χ3n) is 2.42. The van der Waals surface area contributed by atoms with Gasteiger partial charge in [-0.3, -0.25) is 19.9 Å². The average Bonchev–Trinajstić information content (AvgIpc) is 2.47. The van der Waals surface area contributed by atoms with Gasteiger partial charge in [-0.25, -0.2) is 10.8 Å². The van der Waals surface area contributed by atoms with Crippen molar-refractivity contribution in [1.82, 2.24) is 9.97 Å². The molecule has 1 heterocycles. The first kappa shape index (κ1) is 14.3. The van der Waals surface area contributed by atoms with Gasteiger partial charge in [-0.15, -0.1) is 0 Å². The largest absolute Gasteiger partial charge is 0.320 e. The second-order valence-corrected chi connectivity index (χ2v) is 3.81. The molecule has 9 nitrogen and oxygen atoms in total. The fourth-order valence-corrected chi connectivity index (χ4v) is 1.47. The van der Waals surface area contributed by atoms with Crippen LogP contribution in [0.1, 0.15) is 10.5 Å². The van der Waals surface area contributed by atoms with Gasteiger partial charge in [0.15, 0.2) is 5.82 Å². The zero-order chi connectivity index (χ0) is 15.4. The molecular weight excluding hydrogens is 283 g/mol. The lowest BCUT2D eigenvalue weighted by atomic mass is 10.2. The predicted octanol–water partition coefficient (Wildman–Crippen LogP) is 1.06. The minimum atomic E-state index is -1.05. The minimum Gasteiger partial charge on any atom is -0.320 e. The Morgan fingerprint density at radius 1 is 1.38 bits per heavy atom. The Bertz CT molecular complexity index is 708. The highest BCUT2D eigenvalue weighted by Gasteiger charge is 2.15. The van der Waals surface area contributed by atoms with E-state index in [1.807, 2.05) is 0 Å². The maximum Gasteiger partial charge on any atom is 0.304 e. The summed E-state index contributed by atoms with van der Waals surface area (Å²) in [6.45, 7) is 0. The number of nitrogens with two attached hydrogens (primary N) is 1. The van der Waals surface area contributed by atoms with Crippen LogP contribution in [0.15, 0.2) is 30.6 Å². The van der Waals surface area contributed by atoms with Gasteiger partial charge in [0.25, 0.3) is 5.91 Å². The van der Waals surface area contributed by atoms with E-state index in [0.29, 0.717) is 0 Å². The molecule has 0 saturated heterocycles. The summed E-state index contributed by atoms with van der Waals surface area (Å²) in [5, 5.41) is 12.8. The summed E-state index contributed by atoms with van der Waals surface area (Å²) in [5.74, 6) is 3.60. The second kappa shape index (κ2) is 5.88. The lowest BCUT2D eigenvalue weighted by Crippen LogP contribution is -2.16. The first-order chi connectivity index (χ1) is 10.0. The number of nitrogens with one attached hydrogen (secondary N) is 2. The van der Waals surface area contributed by atoms with Crippen molar-refractivity contribution in [2.24, 2.45) is 5.84 Å². The molecule has 0 aliphatic heterocycles.